The highest BCUT2D eigenvalue weighted by Crippen LogP contribution is 2.20. The molecule has 18 heavy (non-hydrogen) atoms. The van der Waals surface area contributed by atoms with Gasteiger partial charge in [-0.15, -0.1) is 0 Å². The van der Waals surface area contributed by atoms with Crippen molar-refractivity contribution in [2.45, 2.75) is 70.5 Å². The van der Waals surface area contributed by atoms with Crippen LogP contribution in [0.25, 0.3) is 0 Å². The SMILES string of the molecule is CC(O)CCC(=O)NCCCOC1CCCCC1. The molecule has 2 N–H and O–H groups in total. The monoisotopic (exact) mass is 257 g/mol. The summed E-state index contributed by atoms with van der Waals surface area (Å²) in [6, 6.07) is 0. The van der Waals surface area contributed by atoms with E-state index in [4.69, 9.17) is 9.84 Å². The van der Waals surface area contributed by atoms with Crippen LogP contribution < -0.4 is 5.32 Å². The highest BCUT2D eigenvalue weighted by molar-refractivity contribution is 5.75. The van der Waals surface area contributed by atoms with Crippen LogP contribution in [0.15, 0.2) is 0 Å². The average Bonchev–Trinajstić information content (AvgIpc) is 2.37. The average molecular weight is 257 g/mol. The molecule has 1 fully saturated rings. The third-order valence-electron chi connectivity index (χ3n) is 3.34. The minimum Gasteiger partial charge on any atom is -0.393 e. The highest BCUT2D eigenvalue weighted by Gasteiger charge is 2.13. The molecule has 1 aliphatic rings. The molecule has 0 aromatic rings. The summed E-state index contributed by atoms with van der Waals surface area (Å²) in [7, 11) is 0. The second-order valence-corrected chi connectivity index (χ2v) is 5.22. The lowest BCUT2D eigenvalue weighted by Crippen LogP contribution is -2.26. The van der Waals surface area contributed by atoms with Crippen molar-refractivity contribution in [1.82, 2.24) is 5.32 Å². The quantitative estimate of drug-likeness (QED) is 0.654. The summed E-state index contributed by atoms with van der Waals surface area (Å²) in [5.74, 6) is 0.0218. The molecular formula is C14H27NO3. The zero-order valence-electron chi connectivity index (χ0n) is 11.5. The molecule has 0 aromatic carbocycles. The molecule has 0 aliphatic heterocycles. The smallest absolute Gasteiger partial charge is 0.220 e. The van der Waals surface area contributed by atoms with Gasteiger partial charge in [-0.05, 0) is 32.6 Å². The Balaban J connectivity index is 1.89. The van der Waals surface area contributed by atoms with Crippen LogP contribution in [0.5, 0.6) is 0 Å². The number of ether oxygens (including phenoxy) is 1. The maximum atomic E-state index is 11.3. The first kappa shape index (κ1) is 15.4. The summed E-state index contributed by atoms with van der Waals surface area (Å²) in [5.41, 5.74) is 0. The maximum absolute atomic E-state index is 11.3. The standard InChI is InChI=1S/C14H27NO3/c1-12(16)8-9-14(17)15-10-5-11-18-13-6-3-2-4-7-13/h12-13,16H,2-11H2,1H3,(H,15,17). The minimum absolute atomic E-state index is 0.0218. The van der Waals surface area contributed by atoms with Crippen molar-refractivity contribution in [2.24, 2.45) is 0 Å². The van der Waals surface area contributed by atoms with Crippen molar-refractivity contribution in [3.05, 3.63) is 0 Å². The van der Waals surface area contributed by atoms with Crippen LogP contribution in [0, 0.1) is 0 Å². The molecule has 0 radical (unpaired) electrons. The summed E-state index contributed by atoms with van der Waals surface area (Å²) in [6.07, 6.45) is 8.18. The van der Waals surface area contributed by atoms with Gasteiger partial charge in [0.2, 0.25) is 5.91 Å². The van der Waals surface area contributed by atoms with Crippen LogP contribution in [0.4, 0.5) is 0 Å². The van der Waals surface area contributed by atoms with Gasteiger partial charge in [-0.25, -0.2) is 0 Å². The van der Waals surface area contributed by atoms with E-state index in [-0.39, 0.29) is 5.91 Å². The number of carbonyl (C=O) groups excluding carboxylic acids is 1. The highest BCUT2D eigenvalue weighted by atomic mass is 16.5. The predicted octanol–water partition coefficient (Wildman–Crippen LogP) is 2.00. The van der Waals surface area contributed by atoms with E-state index in [0.717, 1.165) is 13.0 Å². The lowest BCUT2D eigenvalue weighted by atomic mass is 9.98. The van der Waals surface area contributed by atoms with Gasteiger partial charge in [0.15, 0.2) is 0 Å². The molecule has 1 atom stereocenters. The number of aliphatic hydroxyl groups is 1. The first-order chi connectivity index (χ1) is 8.68. The van der Waals surface area contributed by atoms with Gasteiger partial charge >= 0.3 is 0 Å². The lowest BCUT2D eigenvalue weighted by molar-refractivity contribution is -0.121. The molecule has 0 bridgehead atoms. The van der Waals surface area contributed by atoms with Crippen molar-refractivity contribution in [3.8, 4) is 0 Å². The number of hydrogen-bond acceptors (Lipinski definition) is 3. The first-order valence-corrected chi connectivity index (χ1v) is 7.25. The Morgan fingerprint density at radius 1 is 1.39 bits per heavy atom. The van der Waals surface area contributed by atoms with Crippen molar-refractivity contribution in [2.75, 3.05) is 13.2 Å². The molecule has 1 saturated carbocycles. The molecule has 4 heteroatoms. The van der Waals surface area contributed by atoms with Gasteiger partial charge in [-0.2, -0.15) is 0 Å². The fraction of sp³-hybridized carbons (Fsp3) is 0.929. The summed E-state index contributed by atoms with van der Waals surface area (Å²) in [5, 5.41) is 11.9. The first-order valence-electron chi connectivity index (χ1n) is 7.25. The molecule has 0 heterocycles. The van der Waals surface area contributed by atoms with Gasteiger partial charge in [0.05, 0.1) is 12.2 Å². The molecular weight excluding hydrogens is 230 g/mol. The fourth-order valence-corrected chi connectivity index (χ4v) is 2.21. The fourth-order valence-electron chi connectivity index (χ4n) is 2.21. The lowest BCUT2D eigenvalue weighted by Gasteiger charge is -2.21. The predicted molar refractivity (Wildman–Crippen MR) is 71.4 cm³/mol. The molecule has 4 nitrogen and oxygen atoms in total. The number of hydrogen-bond donors (Lipinski definition) is 2. The third kappa shape index (κ3) is 7.67. The minimum atomic E-state index is -0.398. The molecule has 1 unspecified atom stereocenters. The van der Waals surface area contributed by atoms with Crippen LogP contribution in [0.2, 0.25) is 0 Å². The Bertz CT molecular complexity index is 225. The molecule has 1 rings (SSSR count). The third-order valence-corrected chi connectivity index (χ3v) is 3.34. The number of carbonyl (C=O) groups is 1. The van der Waals surface area contributed by atoms with Gasteiger partial charge in [0, 0.05) is 19.6 Å². The summed E-state index contributed by atoms with van der Waals surface area (Å²) >= 11 is 0. The van der Waals surface area contributed by atoms with Crippen LogP contribution in [-0.2, 0) is 9.53 Å². The molecule has 0 aromatic heterocycles. The van der Waals surface area contributed by atoms with Crippen molar-refractivity contribution in [3.63, 3.8) is 0 Å². The van der Waals surface area contributed by atoms with Gasteiger partial charge in [0.1, 0.15) is 0 Å². The Kier molecular flexibility index (Phi) is 8.01. The molecule has 1 aliphatic carbocycles. The normalized spacial score (nSPS) is 18.6. The number of nitrogens with one attached hydrogen (secondary N) is 1. The number of aliphatic hydroxyl groups excluding tert-OH is 1. The second-order valence-electron chi connectivity index (χ2n) is 5.22. The largest absolute Gasteiger partial charge is 0.393 e. The van der Waals surface area contributed by atoms with Gasteiger partial charge in [-0.3, -0.25) is 4.79 Å². The van der Waals surface area contributed by atoms with E-state index in [0.29, 0.717) is 25.5 Å². The Morgan fingerprint density at radius 2 is 2.11 bits per heavy atom. The topological polar surface area (TPSA) is 58.6 Å². The van der Waals surface area contributed by atoms with E-state index in [9.17, 15) is 4.79 Å². The van der Waals surface area contributed by atoms with Crippen LogP contribution >= 0.6 is 0 Å². The van der Waals surface area contributed by atoms with Crippen molar-refractivity contribution < 1.29 is 14.6 Å². The molecule has 0 spiro atoms. The van der Waals surface area contributed by atoms with E-state index >= 15 is 0 Å². The molecule has 106 valence electrons. The Morgan fingerprint density at radius 3 is 2.78 bits per heavy atom. The number of rotatable bonds is 8. The van der Waals surface area contributed by atoms with Gasteiger partial charge < -0.3 is 15.2 Å². The maximum Gasteiger partial charge on any atom is 0.220 e. The van der Waals surface area contributed by atoms with Gasteiger partial charge in [0.25, 0.3) is 0 Å². The van der Waals surface area contributed by atoms with Crippen molar-refractivity contribution in [1.29, 1.82) is 0 Å². The molecule has 1 amide bonds. The van der Waals surface area contributed by atoms with Crippen LogP contribution in [-0.4, -0.2) is 36.4 Å². The second kappa shape index (κ2) is 9.34. The zero-order valence-corrected chi connectivity index (χ0v) is 11.5. The van der Waals surface area contributed by atoms with E-state index in [2.05, 4.69) is 5.32 Å². The van der Waals surface area contributed by atoms with Crippen LogP contribution in [0.3, 0.4) is 0 Å². The number of amides is 1. The van der Waals surface area contributed by atoms with Gasteiger partial charge in [-0.1, -0.05) is 19.3 Å². The van der Waals surface area contributed by atoms with Crippen LogP contribution in [0.1, 0.15) is 58.3 Å². The van der Waals surface area contributed by atoms with E-state index in [1.165, 1.54) is 32.1 Å². The Hall–Kier alpha value is -0.610. The summed E-state index contributed by atoms with van der Waals surface area (Å²) in [6.45, 7) is 3.11. The van der Waals surface area contributed by atoms with Crippen molar-refractivity contribution >= 4 is 5.91 Å². The van der Waals surface area contributed by atoms with E-state index < -0.39 is 6.10 Å². The Labute approximate surface area is 110 Å². The van der Waals surface area contributed by atoms with E-state index in [1.807, 2.05) is 0 Å². The van der Waals surface area contributed by atoms with E-state index in [1.54, 1.807) is 6.92 Å². The molecule has 0 saturated heterocycles. The zero-order chi connectivity index (χ0) is 13.2. The summed E-state index contributed by atoms with van der Waals surface area (Å²) in [4.78, 5) is 11.3. The summed E-state index contributed by atoms with van der Waals surface area (Å²) < 4.78 is 5.77.